The van der Waals surface area contributed by atoms with Crippen molar-refractivity contribution in [2.45, 2.75) is 0 Å². The number of anilines is 3. The molecule has 0 bridgehead atoms. The van der Waals surface area contributed by atoms with Crippen LogP contribution in [0.3, 0.4) is 0 Å². The van der Waals surface area contributed by atoms with Crippen molar-refractivity contribution in [3.05, 3.63) is 248 Å². The van der Waals surface area contributed by atoms with Crippen molar-refractivity contribution in [3.63, 3.8) is 0 Å². The number of hydrogen-bond acceptors (Lipinski definition) is 1. The van der Waals surface area contributed by atoms with Gasteiger partial charge in [0.1, 0.15) is 5.82 Å². The van der Waals surface area contributed by atoms with Crippen molar-refractivity contribution in [1.29, 1.82) is 0 Å². The first-order valence-corrected chi connectivity index (χ1v) is 22.1. The van der Waals surface area contributed by atoms with Gasteiger partial charge in [-0.25, -0.2) is 9.24 Å². The monoisotopic (exact) mass is 787 g/mol. The lowest BCUT2D eigenvalue weighted by molar-refractivity contribution is 0.627. The molecule has 0 aliphatic rings. The molecule has 284 valence electrons. The first-order chi connectivity index (χ1) is 29.6. The largest absolute Gasteiger partial charge is 0.311 e. The van der Waals surface area contributed by atoms with Gasteiger partial charge < -0.3 is 9.47 Å². The number of nitrogens with zero attached hydrogens (tertiary/aromatic N) is 3. The zero-order valence-corrected chi connectivity index (χ0v) is 33.7. The lowest BCUT2D eigenvalue weighted by atomic mass is 10.0. The summed E-state index contributed by atoms with van der Waals surface area (Å²) in [4.78, 5) is 5.93. The second-order valence-corrected chi connectivity index (χ2v) is 18.8. The van der Waals surface area contributed by atoms with E-state index in [1.165, 1.54) is 32.9 Å². The van der Waals surface area contributed by atoms with Crippen LogP contribution in [-0.4, -0.2) is 12.6 Å². The molecule has 0 saturated carbocycles. The van der Waals surface area contributed by atoms with Gasteiger partial charge in [-0.3, -0.25) is 0 Å². The molecule has 60 heavy (non-hydrogen) atoms. The minimum atomic E-state index is -2.86. The maximum Gasteiger partial charge on any atom is 0.187 e. The topological polar surface area (TPSA) is 12.5 Å². The van der Waals surface area contributed by atoms with E-state index in [0.29, 0.717) is 5.69 Å². The van der Waals surface area contributed by atoms with Crippen molar-refractivity contribution in [1.82, 2.24) is 4.57 Å². The van der Waals surface area contributed by atoms with Crippen LogP contribution in [0.15, 0.2) is 231 Å². The molecule has 10 rings (SSSR count). The number of rotatable bonds is 9. The summed E-state index contributed by atoms with van der Waals surface area (Å²) < 4.78 is 16.7. The van der Waals surface area contributed by atoms with Crippen LogP contribution < -0.4 is 25.6 Å². The molecule has 5 heteroatoms. The molecule has 1 aromatic heterocycles. The molecule has 0 radical (unpaired) electrons. The normalized spacial score (nSPS) is 11.4. The molecule has 0 fully saturated rings. The highest BCUT2D eigenvalue weighted by atomic mass is 28.3. The first kappa shape index (κ1) is 36.6. The van der Waals surface area contributed by atoms with Crippen LogP contribution in [0.4, 0.5) is 27.1 Å². The van der Waals surface area contributed by atoms with Crippen molar-refractivity contribution in [3.8, 4) is 16.8 Å². The Balaban J connectivity index is 1.24. The molecule has 0 saturated heterocycles. The van der Waals surface area contributed by atoms with Crippen LogP contribution in [0, 0.1) is 12.4 Å². The van der Waals surface area contributed by atoms with Gasteiger partial charge >= 0.3 is 0 Å². The van der Waals surface area contributed by atoms with Crippen LogP contribution in [-0.2, 0) is 0 Å². The molecule has 0 unspecified atom stereocenters. The summed E-state index contributed by atoms with van der Waals surface area (Å²) in [6.07, 6.45) is 0. The molecule has 0 aliphatic carbocycles. The van der Waals surface area contributed by atoms with Gasteiger partial charge in [0.15, 0.2) is 13.8 Å². The van der Waals surface area contributed by atoms with Gasteiger partial charge in [-0.05, 0) is 105 Å². The van der Waals surface area contributed by atoms with E-state index in [1.807, 2.05) is 42.5 Å². The highest BCUT2D eigenvalue weighted by Crippen LogP contribution is 2.40. The average molecular weight is 788 g/mol. The highest BCUT2D eigenvalue weighted by Gasteiger charge is 2.41. The Kier molecular flexibility index (Phi) is 9.46. The van der Waals surface area contributed by atoms with Crippen molar-refractivity contribution >= 4 is 73.4 Å². The molecule has 9 aromatic carbocycles. The molecule has 0 amide bonds. The molecule has 3 nitrogen and oxygen atoms in total. The summed E-state index contributed by atoms with van der Waals surface area (Å²) in [6.45, 7) is 7.62. The van der Waals surface area contributed by atoms with E-state index < -0.39 is 8.07 Å². The lowest BCUT2D eigenvalue weighted by Crippen LogP contribution is -2.74. The second-order valence-electron chi connectivity index (χ2n) is 15.0. The summed E-state index contributed by atoms with van der Waals surface area (Å²) in [7, 11) is -2.86. The van der Waals surface area contributed by atoms with E-state index in [-0.39, 0.29) is 5.82 Å². The standard InChI is InChI=1S/C55H38FN3Si/c1-57-43-26-32-45(33-27-43)58(44-28-22-41(23-29-44)40-14-6-2-7-15-40)47-34-36-54-52(38-47)53-39-51(35-37-55(53)59(54)46-30-24-42(56)25-31-46)60(48-16-8-3-9-17-48,49-18-10-4-11-19-49)50-20-12-5-13-21-50/h2-39H. The summed E-state index contributed by atoms with van der Waals surface area (Å²) in [5.74, 6) is -0.272. The number of aromatic nitrogens is 1. The predicted octanol–water partition coefficient (Wildman–Crippen LogP) is 12.0. The molecular formula is C55H38FN3Si. The Hall–Kier alpha value is -7.78. The highest BCUT2D eigenvalue weighted by molar-refractivity contribution is 7.20. The van der Waals surface area contributed by atoms with Crippen LogP contribution in [0.25, 0.3) is 43.5 Å². The molecular weight excluding hydrogens is 750 g/mol. The summed E-state index contributed by atoms with van der Waals surface area (Å²) in [6, 6.07) is 80.1. The molecule has 0 N–H and O–H groups in total. The van der Waals surface area contributed by atoms with Gasteiger partial charge in [0, 0.05) is 33.5 Å². The van der Waals surface area contributed by atoms with Gasteiger partial charge in [0.05, 0.1) is 17.6 Å². The molecule has 0 aliphatic heterocycles. The Morgan fingerprint density at radius 3 is 1.40 bits per heavy atom. The minimum absolute atomic E-state index is 0.272. The van der Waals surface area contributed by atoms with E-state index in [2.05, 4.69) is 190 Å². The lowest BCUT2D eigenvalue weighted by Gasteiger charge is -2.34. The molecule has 10 aromatic rings. The van der Waals surface area contributed by atoms with Crippen molar-refractivity contribution in [2.24, 2.45) is 0 Å². The van der Waals surface area contributed by atoms with Crippen molar-refractivity contribution < 1.29 is 4.39 Å². The number of halogens is 1. The zero-order valence-electron chi connectivity index (χ0n) is 32.7. The number of benzene rings is 9. The fourth-order valence-corrected chi connectivity index (χ4v) is 13.6. The van der Waals surface area contributed by atoms with E-state index in [4.69, 9.17) is 6.57 Å². The number of hydrogen-bond donors (Lipinski definition) is 0. The Labute approximate surface area is 350 Å². The summed E-state index contributed by atoms with van der Waals surface area (Å²) in [5, 5.41) is 7.36. The van der Waals surface area contributed by atoms with E-state index in [9.17, 15) is 4.39 Å². The van der Waals surface area contributed by atoms with Gasteiger partial charge in [0.2, 0.25) is 0 Å². The SMILES string of the molecule is [C-]#[N+]c1ccc(N(c2ccc(-c3ccccc3)cc2)c2ccc3c(c2)c2cc([Si](c4ccccc4)(c4ccccc4)c4ccccc4)ccc2n3-c2ccc(F)cc2)cc1. The Bertz CT molecular complexity index is 3030. The predicted molar refractivity (Wildman–Crippen MR) is 251 cm³/mol. The fourth-order valence-electron chi connectivity index (χ4n) is 8.87. The van der Waals surface area contributed by atoms with Gasteiger partial charge in [-0.2, -0.15) is 0 Å². The third kappa shape index (κ3) is 6.37. The third-order valence-corrected chi connectivity index (χ3v) is 16.4. The Morgan fingerprint density at radius 1 is 0.417 bits per heavy atom. The van der Waals surface area contributed by atoms with Gasteiger partial charge in [-0.1, -0.05) is 158 Å². The van der Waals surface area contributed by atoms with Crippen LogP contribution in [0.2, 0.25) is 0 Å². The second kappa shape index (κ2) is 15.5. The van der Waals surface area contributed by atoms with Gasteiger partial charge in [-0.15, -0.1) is 0 Å². The van der Waals surface area contributed by atoms with E-state index in [1.54, 1.807) is 0 Å². The van der Waals surface area contributed by atoms with Crippen LogP contribution in [0.1, 0.15) is 0 Å². The summed E-state index contributed by atoms with van der Waals surface area (Å²) >= 11 is 0. The molecule has 0 spiro atoms. The first-order valence-electron chi connectivity index (χ1n) is 20.1. The van der Waals surface area contributed by atoms with Crippen molar-refractivity contribution in [2.75, 3.05) is 4.90 Å². The van der Waals surface area contributed by atoms with Gasteiger partial charge in [0.25, 0.3) is 0 Å². The summed E-state index contributed by atoms with van der Waals surface area (Å²) in [5.41, 5.74) is 8.74. The van der Waals surface area contributed by atoms with E-state index >= 15 is 0 Å². The van der Waals surface area contributed by atoms with Crippen LogP contribution in [0.5, 0.6) is 0 Å². The quantitative estimate of drug-likeness (QED) is 0.0806. The maximum atomic E-state index is 14.4. The van der Waals surface area contributed by atoms with E-state index in [0.717, 1.165) is 55.7 Å². The molecule has 0 atom stereocenters. The third-order valence-electron chi connectivity index (χ3n) is 11.6. The molecule has 1 heterocycles. The fraction of sp³-hybridized carbons (Fsp3) is 0. The Morgan fingerprint density at radius 2 is 0.867 bits per heavy atom. The minimum Gasteiger partial charge on any atom is -0.311 e. The maximum absolute atomic E-state index is 14.4. The number of fused-ring (bicyclic) bond motifs is 3. The smallest absolute Gasteiger partial charge is 0.187 e. The zero-order chi connectivity index (χ0) is 40.5. The van der Waals surface area contributed by atoms with Crippen LogP contribution >= 0.6 is 0 Å². The average Bonchev–Trinajstić information content (AvgIpc) is 3.64.